The van der Waals surface area contributed by atoms with Gasteiger partial charge >= 0.3 is 5.63 Å². The molecule has 1 heterocycles. The van der Waals surface area contributed by atoms with Crippen molar-refractivity contribution in [3.8, 4) is 22.3 Å². The number of carbonyl (C=O) groups excluding carboxylic acids is 1. The van der Waals surface area contributed by atoms with E-state index in [1.165, 1.54) is 22.4 Å². The molecular weight excluding hydrogens is 340 g/mol. The third kappa shape index (κ3) is 3.40. The van der Waals surface area contributed by atoms with Gasteiger partial charge in [0, 0.05) is 6.92 Å². The fraction of sp³-hybridized carbons (Fsp3) is 0.0909. The second kappa shape index (κ2) is 6.96. The molecule has 5 nitrogen and oxygen atoms in total. The van der Waals surface area contributed by atoms with Crippen molar-refractivity contribution in [1.82, 2.24) is 10.1 Å². The summed E-state index contributed by atoms with van der Waals surface area (Å²) in [5.41, 5.74) is 3.03. The standard InChI is InChI=1S/C22H18N2O3/c1-15(25)23-14-24-13-21(22(26)27-24)18-11-9-17(10-12-18)20-8-4-6-16-5-2-3-7-19(16)20/h2-13H,14H2,1H3,(H,23,25). The lowest BCUT2D eigenvalue weighted by molar-refractivity contribution is -0.119. The highest BCUT2D eigenvalue weighted by Gasteiger charge is 2.10. The number of fused-ring (bicyclic) bond motifs is 1. The lowest BCUT2D eigenvalue weighted by Gasteiger charge is -2.07. The van der Waals surface area contributed by atoms with Gasteiger partial charge in [-0.2, -0.15) is 4.74 Å². The highest BCUT2D eigenvalue weighted by atomic mass is 16.5. The molecule has 0 unspecified atom stereocenters. The number of nitrogens with zero attached hydrogens (tertiary/aromatic N) is 1. The van der Waals surface area contributed by atoms with Gasteiger partial charge in [-0.25, -0.2) is 4.79 Å². The maximum absolute atomic E-state index is 12.1. The Morgan fingerprint density at radius 1 is 0.926 bits per heavy atom. The Hall–Kier alpha value is -3.60. The molecule has 134 valence electrons. The van der Waals surface area contributed by atoms with Gasteiger partial charge in [0.2, 0.25) is 5.91 Å². The summed E-state index contributed by atoms with van der Waals surface area (Å²) in [6.45, 7) is 1.53. The summed E-state index contributed by atoms with van der Waals surface area (Å²) < 4.78 is 6.46. The first kappa shape index (κ1) is 16.8. The van der Waals surface area contributed by atoms with Crippen LogP contribution in [-0.2, 0) is 11.5 Å². The molecule has 4 aromatic rings. The third-order valence-electron chi connectivity index (χ3n) is 4.47. The van der Waals surface area contributed by atoms with Gasteiger partial charge in [-0.3, -0.25) is 4.79 Å². The van der Waals surface area contributed by atoms with Crippen molar-refractivity contribution >= 4 is 16.7 Å². The molecule has 0 aliphatic carbocycles. The van der Waals surface area contributed by atoms with Crippen LogP contribution in [0.5, 0.6) is 0 Å². The molecule has 0 atom stereocenters. The number of nitrogens with one attached hydrogen (secondary N) is 1. The summed E-state index contributed by atoms with van der Waals surface area (Å²) >= 11 is 0. The molecule has 0 saturated carbocycles. The summed E-state index contributed by atoms with van der Waals surface area (Å²) in [4.78, 5) is 23.1. The van der Waals surface area contributed by atoms with Gasteiger partial charge in [-0.15, -0.1) is 0 Å². The number of amides is 1. The minimum atomic E-state index is -0.432. The van der Waals surface area contributed by atoms with Crippen LogP contribution in [-0.4, -0.2) is 10.6 Å². The Kier molecular flexibility index (Phi) is 4.34. The molecule has 0 radical (unpaired) electrons. The topological polar surface area (TPSA) is 64.2 Å². The summed E-state index contributed by atoms with van der Waals surface area (Å²) in [5.74, 6) is -0.188. The largest absolute Gasteiger partial charge is 0.365 e. The van der Waals surface area contributed by atoms with Crippen LogP contribution in [0.3, 0.4) is 0 Å². The quantitative estimate of drug-likeness (QED) is 0.599. The van der Waals surface area contributed by atoms with Crippen LogP contribution in [0.15, 0.2) is 82.2 Å². The summed E-state index contributed by atoms with van der Waals surface area (Å²) in [6, 6.07) is 22.3. The van der Waals surface area contributed by atoms with Crippen LogP contribution in [0.1, 0.15) is 6.92 Å². The van der Waals surface area contributed by atoms with Crippen LogP contribution < -0.4 is 10.9 Å². The predicted octanol–water partition coefficient (Wildman–Crippen LogP) is 4.02. The van der Waals surface area contributed by atoms with Crippen molar-refractivity contribution in [3.63, 3.8) is 0 Å². The van der Waals surface area contributed by atoms with E-state index in [0.29, 0.717) is 5.56 Å². The van der Waals surface area contributed by atoms with Gasteiger partial charge in [0.25, 0.3) is 0 Å². The maximum atomic E-state index is 12.1. The van der Waals surface area contributed by atoms with Gasteiger partial charge in [0.1, 0.15) is 6.67 Å². The van der Waals surface area contributed by atoms with Crippen molar-refractivity contribution in [2.45, 2.75) is 13.6 Å². The monoisotopic (exact) mass is 358 g/mol. The summed E-state index contributed by atoms with van der Waals surface area (Å²) in [7, 11) is 0. The van der Waals surface area contributed by atoms with Crippen molar-refractivity contribution < 1.29 is 9.32 Å². The summed E-state index contributed by atoms with van der Waals surface area (Å²) in [5, 5.41) is 4.97. The lowest BCUT2D eigenvalue weighted by Crippen LogP contribution is -2.22. The Morgan fingerprint density at radius 2 is 1.59 bits per heavy atom. The van der Waals surface area contributed by atoms with E-state index in [0.717, 1.165) is 16.7 Å². The van der Waals surface area contributed by atoms with Crippen LogP contribution >= 0.6 is 0 Å². The molecule has 27 heavy (non-hydrogen) atoms. The molecular formula is C22H18N2O3. The van der Waals surface area contributed by atoms with Crippen LogP contribution in [0.4, 0.5) is 0 Å². The molecule has 0 fully saturated rings. The third-order valence-corrected chi connectivity index (χ3v) is 4.47. The first-order valence-electron chi connectivity index (χ1n) is 8.65. The molecule has 0 bridgehead atoms. The highest BCUT2D eigenvalue weighted by molar-refractivity contribution is 5.96. The molecule has 0 aliphatic rings. The molecule has 0 saturated heterocycles. The molecule has 1 N–H and O–H groups in total. The Balaban J connectivity index is 1.67. The molecule has 5 heteroatoms. The average molecular weight is 358 g/mol. The van der Waals surface area contributed by atoms with Crippen molar-refractivity contribution in [3.05, 3.63) is 83.3 Å². The first-order chi connectivity index (χ1) is 13.1. The predicted molar refractivity (Wildman–Crippen MR) is 105 cm³/mol. The second-order valence-corrected chi connectivity index (χ2v) is 6.33. The Morgan fingerprint density at radius 3 is 2.33 bits per heavy atom. The van der Waals surface area contributed by atoms with Gasteiger partial charge in [0.05, 0.1) is 11.8 Å². The van der Waals surface area contributed by atoms with Gasteiger partial charge in [-0.1, -0.05) is 66.7 Å². The molecule has 3 aromatic carbocycles. The number of carbonyl (C=O) groups is 1. The first-order valence-corrected chi connectivity index (χ1v) is 8.65. The number of hydrogen-bond donors (Lipinski definition) is 1. The fourth-order valence-corrected chi connectivity index (χ4v) is 3.14. The highest BCUT2D eigenvalue weighted by Crippen LogP contribution is 2.29. The zero-order valence-electron chi connectivity index (χ0n) is 14.8. The molecule has 0 aliphatic heterocycles. The maximum Gasteiger partial charge on any atom is 0.365 e. The van der Waals surface area contributed by atoms with Crippen LogP contribution in [0, 0.1) is 0 Å². The van der Waals surface area contributed by atoms with E-state index < -0.39 is 5.63 Å². The SMILES string of the molecule is CC(=O)NCn1cc(-c2ccc(-c3cccc4ccccc34)cc2)c(=O)o1. The lowest BCUT2D eigenvalue weighted by atomic mass is 9.97. The normalized spacial score (nSPS) is 10.9. The number of hydrogen-bond acceptors (Lipinski definition) is 3. The van der Waals surface area contributed by atoms with E-state index in [4.69, 9.17) is 4.52 Å². The van der Waals surface area contributed by atoms with Crippen LogP contribution in [0.25, 0.3) is 33.0 Å². The van der Waals surface area contributed by atoms with E-state index in [2.05, 4.69) is 29.6 Å². The van der Waals surface area contributed by atoms with Crippen LogP contribution in [0.2, 0.25) is 0 Å². The summed E-state index contributed by atoms with van der Waals surface area (Å²) in [6.07, 6.45) is 1.60. The molecule has 4 rings (SSSR count). The zero-order valence-corrected chi connectivity index (χ0v) is 14.8. The van der Waals surface area contributed by atoms with Crippen molar-refractivity contribution in [1.29, 1.82) is 0 Å². The van der Waals surface area contributed by atoms with Gasteiger partial charge in [0.15, 0.2) is 0 Å². The second-order valence-electron chi connectivity index (χ2n) is 6.33. The smallest absolute Gasteiger partial charge is 0.336 e. The Bertz CT molecular complexity index is 1160. The minimum Gasteiger partial charge on any atom is -0.336 e. The average Bonchev–Trinajstić information content (AvgIpc) is 3.07. The molecule has 0 spiro atoms. The Labute approximate surface area is 155 Å². The van der Waals surface area contributed by atoms with Crippen molar-refractivity contribution in [2.24, 2.45) is 0 Å². The van der Waals surface area contributed by atoms with Gasteiger partial charge in [-0.05, 0) is 27.5 Å². The van der Waals surface area contributed by atoms with E-state index in [1.807, 2.05) is 42.5 Å². The fourth-order valence-electron chi connectivity index (χ4n) is 3.14. The molecule has 1 aromatic heterocycles. The van der Waals surface area contributed by atoms with E-state index in [9.17, 15) is 9.59 Å². The minimum absolute atomic E-state index is 0.124. The van der Waals surface area contributed by atoms with Gasteiger partial charge < -0.3 is 9.84 Å². The number of aromatic nitrogens is 1. The molecule has 1 amide bonds. The number of rotatable bonds is 4. The van der Waals surface area contributed by atoms with E-state index in [1.54, 1.807) is 6.20 Å². The zero-order chi connectivity index (χ0) is 18.8. The number of benzene rings is 3. The van der Waals surface area contributed by atoms with E-state index in [-0.39, 0.29) is 12.6 Å². The van der Waals surface area contributed by atoms with E-state index >= 15 is 0 Å². The van der Waals surface area contributed by atoms with Crippen molar-refractivity contribution in [2.75, 3.05) is 0 Å².